The van der Waals surface area contributed by atoms with Gasteiger partial charge in [0.25, 0.3) is 6.43 Å². The van der Waals surface area contributed by atoms with Crippen LogP contribution in [0, 0.1) is 11.7 Å². The SMILES string of the molecule is CCn1nc(C)c2[nH]c(=S)n(CC(F)F)c21. The molecule has 1 N–H and O–H groups in total. The molecule has 0 unspecified atom stereocenters. The van der Waals surface area contributed by atoms with Gasteiger partial charge in [0.1, 0.15) is 5.52 Å². The van der Waals surface area contributed by atoms with E-state index in [4.69, 9.17) is 12.2 Å². The van der Waals surface area contributed by atoms with E-state index in [9.17, 15) is 8.78 Å². The summed E-state index contributed by atoms with van der Waals surface area (Å²) in [4.78, 5) is 2.92. The molecular weight excluding hydrogens is 234 g/mol. The van der Waals surface area contributed by atoms with Crippen molar-refractivity contribution in [2.45, 2.75) is 33.4 Å². The average Bonchev–Trinajstić information content (AvgIpc) is 2.67. The van der Waals surface area contributed by atoms with Crippen molar-refractivity contribution in [1.29, 1.82) is 0 Å². The molecule has 0 fully saturated rings. The molecule has 0 bridgehead atoms. The van der Waals surface area contributed by atoms with Gasteiger partial charge in [-0.1, -0.05) is 0 Å². The van der Waals surface area contributed by atoms with Crippen molar-refractivity contribution in [2.75, 3.05) is 0 Å². The molecule has 2 rings (SSSR count). The predicted molar refractivity (Wildman–Crippen MR) is 59.3 cm³/mol. The Balaban J connectivity index is 2.70. The first kappa shape index (κ1) is 11.3. The summed E-state index contributed by atoms with van der Waals surface area (Å²) < 4.78 is 28.3. The Hall–Kier alpha value is -1.24. The second-order valence-electron chi connectivity index (χ2n) is 3.53. The van der Waals surface area contributed by atoms with E-state index in [1.807, 2.05) is 13.8 Å². The highest BCUT2D eigenvalue weighted by Crippen LogP contribution is 2.18. The Bertz CT molecular complexity index is 566. The lowest BCUT2D eigenvalue weighted by molar-refractivity contribution is 0.127. The normalized spacial score (nSPS) is 11.8. The van der Waals surface area contributed by atoms with E-state index in [1.54, 1.807) is 4.68 Å². The smallest absolute Gasteiger partial charge is 0.256 e. The fourth-order valence-corrected chi connectivity index (χ4v) is 2.05. The molecule has 88 valence electrons. The van der Waals surface area contributed by atoms with E-state index in [0.29, 0.717) is 17.0 Å². The van der Waals surface area contributed by atoms with Crippen molar-refractivity contribution in [1.82, 2.24) is 19.3 Å². The van der Waals surface area contributed by atoms with Gasteiger partial charge in [-0.15, -0.1) is 0 Å². The second-order valence-corrected chi connectivity index (χ2v) is 3.92. The number of aryl methyl sites for hydroxylation is 2. The molecule has 0 aliphatic heterocycles. The maximum Gasteiger partial charge on any atom is 0.256 e. The summed E-state index contributed by atoms with van der Waals surface area (Å²) in [5.41, 5.74) is 2.16. The second kappa shape index (κ2) is 3.97. The lowest BCUT2D eigenvalue weighted by Crippen LogP contribution is -2.10. The van der Waals surface area contributed by atoms with Gasteiger partial charge in [0.15, 0.2) is 10.4 Å². The summed E-state index contributed by atoms with van der Waals surface area (Å²) in [5.74, 6) is 0. The fraction of sp³-hybridized carbons (Fsp3) is 0.556. The number of fused-ring (bicyclic) bond motifs is 1. The van der Waals surface area contributed by atoms with Gasteiger partial charge in [-0.2, -0.15) is 5.10 Å². The summed E-state index contributed by atoms with van der Waals surface area (Å²) in [6.07, 6.45) is -2.42. The molecule has 0 spiro atoms. The van der Waals surface area contributed by atoms with Gasteiger partial charge < -0.3 is 4.98 Å². The number of aromatic amines is 1. The van der Waals surface area contributed by atoms with Crippen LogP contribution in [0.3, 0.4) is 0 Å². The summed E-state index contributed by atoms with van der Waals surface area (Å²) in [6, 6.07) is 0. The number of halogens is 2. The van der Waals surface area contributed by atoms with Crippen LogP contribution in [-0.4, -0.2) is 25.8 Å². The number of imidazole rings is 1. The first-order valence-corrected chi connectivity index (χ1v) is 5.39. The number of nitrogens with one attached hydrogen (secondary N) is 1. The summed E-state index contributed by atoms with van der Waals surface area (Å²) in [6.45, 7) is 3.96. The van der Waals surface area contributed by atoms with Gasteiger partial charge in [-0.3, -0.25) is 4.57 Å². The number of hydrogen-bond donors (Lipinski definition) is 1. The number of rotatable bonds is 3. The number of nitrogens with zero attached hydrogens (tertiary/aromatic N) is 3. The van der Waals surface area contributed by atoms with Crippen molar-refractivity contribution in [3.63, 3.8) is 0 Å². The molecule has 4 nitrogen and oxygen atoms in total. The standard InChI is InChI=1S/C9H12F2N4S/c1-3-15-8-7(5(2)13-15)12-9(16)14(8)4-6(10)11/h6H,3-4H2,1-2H3,(H,12,16). The maximum absolute atomic E-state index is 12.4. The first-order valence-electron chi connectivity index (χ1n) is 4.98. The lowest BCUT2D eigenvalue weighted by atomic mass is 10.4. The van der Waals surface area contributed by atoms with Crippen LogP contribution in [-0.2, 0) is 13.1 Å². The van der Waals surface area contributed by atoms with Crippen molar-refractivity contribution in [2.24, 2.45) is 0 Å². The van der Waals surface area contributed by atoms with Crippen LogP contribution in [0.5, 0.6) is 0 Å². The van der Waals surface area contributed by atoms with E-state index in [-0.39, 0.29) is 0 Å². The maximum atomic E-state index is 12.4. The van der Waals surface area contributed by atoms with Crippen LogP contribution in [0.2, 0.25) is 0 Å². The van der Waals surface area contributed by atoms with Crippen LogP contribution >= 0.6 is 12.2 Å². The van der Waals surface area contributed by atoms with Gasteiger partial charge >= 0.3 is 0 Å². The molecule has 0 amide bonds. The molecular formula is C9H12F2N4S. The van der Waals surface area contributed by atoms with Crippen molar-refractivity contribution in [3.8, 4) is 0 Å². The van der Waals surface area contributed by atoms with Crippen LogP contribution in [0.4, 0.5) is 8.78 Å². The topological polar surface area (TPSA) is 38.5 Å². The van der Waals surface area contributed by atoms with Crippen LogP contribution in [0.15, 0.2) is 0 Å². The zero-order chi connectivity index (χ0) is 11.9. The highest BCUT2D eigenvalue weighted by Gasteiger charge is 2.16. The van der Waals surface area contributed by atoms with E-state index >= 15 is 0 Å². The summed E-state index contributed by atoms with van der Waals surface area (Å²) in [7, 11) is 0. The van der Waals surface area contributed by atoms with Crippen molar-refractivity contribution < 1.29 is 8.78 Å². The van der Waals surface area contributed by atoms with Gasteiger partial charge in [-0.05, 0) is 26.1 Å². The molecule has 0 saturated heterocycles. The lowest BCUT2D eigenvalue weighted by Gasteiger charge is -2.04. The number of H-pyrrole nitrogens is 1. The van der Waals surface area contributed by atoms with E-state index < -0.39 is 13.0 Å². The molecule has 0 aliphatic carbocycles. The largest absolute Gasteiger partial charge is 0.328 e. The molecule has 0 aromatic carbocycles. The summed E-state index contributed by atoms with van der Waals surface area (Å²) in [5, 5.41) is 4.25. The Kier molecular flexibility index (Phi) is 2.79. The van der Waals surface area contributed by atoms with Gasteiger partial charge in [0.2, 0.25) is 0 Å². The van der Waals surface area contributed by atoms with Crippen LogP contribution < -0.4 is 0 Å². The van der Waals surface area contributed by atoms with Gasteiger partial charge in [0.05, 0.1) is 12.2 Å². The monoisotopic (exact) mass is 246 g/mol. The van der Waals surface area contributed by atoms with E-state index in [1.165, 1.54) is 4.57 Å². The molecule has 0 atom stereocenters. The van der Waals surface area contributed by atoms with Crippen LogP contribution in [0.1, 0.15) is 12.6 Å². The van der Waals surface area contributed by atoms with Crippen molar-refractivity contribution >= 4 is 23.4 Å². The minimum absolute atomic E-state index is 0.318. The quantitative estimate of drug-likeness (QED) is 0.845. The first-order chi connectivity index (χ1) is 7.54. The molecule has 7 heteroatoms. The zero-order valence-corrected chi connectivity index (χ0v) is 9.81. The predicted octanol–water partition coefficient (Wildman–Crippen LogP) is 2.49. The number of hydrogen-bond acceptors (Lipinski definition) is 2. The molecule has 0 radical (unpaired) electrons. The third kappa shape index (κ3) is 1.64. The molecule has 0 aliphatic rings. The molecule has 2 heterocycles. The zero-order valence-electron chi connectivity index (χ0n) is 9.00. The molecule has 0 saturated carbocycles. The Labute approximate surface area is 95.9 Å². The fourth-order valence-electron chi connectivity index (χ4n) is 1.79. The highest BCUT2D eigenvalue weighted by molar-refractivity contribution is 7.71. The number of alkyl halides is 2. The Morgan fingerprint density at radius 2 is 2.19 bits per heavy atom. The Morgan fingerprint density at radius 1 is 1.50 bits per heavy atom. The van der Waals surface area contributed by atoms with Gasteiger partial charge in [0, 0.05) is 6.54 Å². The third-order valence-corrected chi connectivity index (χ3v) is 2.78. The molecule has 16 heavy (non-hydrogen) atoms. The minimum atomic E-state index is -2.42. The Morgan fingerprint density at radius 3 is 2.75 bits per heavy atom. The number of aromatic nitrogens is 4. The van der Waals surface area contributed by atoms with Crippen LogP contribution in [0.25, 0.3) is 11.2 Å². The van der Waals surface area contributed by atoms with Crippen molar-refractivity contribution in [3.05, 3.63) is 10.5 Å². The minimum Gasteiger partial charge on any atom is -0.328 e. The highest BCUT2D eigenvalue weighted by atomic mass is 32.1. The molecule has 2 aromatic heterocycles. The average molecular weight is 246 g/mol. The van der Waals surface area contributed by atoms with Gasteiger partial charge in [-0.25, -0.2) is 13.5 Å². The summed E-state index contributed by atoms with van der Waals surface area (Å²) >= 11 is 5.03. The van der Waals surface area contributed by atoms with E-state index in [0.717, 1.165) is 11.2 Å². The molecule has 2 aromatic rings. The third-order valence-electron chi connectivity index (χ3n) is 2.45. The van der Waals surface area contributed by atoms with E-state index in [2.05, 4.69) is 10.1 Å².